The van der Waals surface area contributed by atoms with Crippen molar-refractivity contribution < 1.29 is 14.7 Å². The zero-order chi connectivity index (χ0) is 20.4. The van der Waals surface area contributed by atoms with Crippen molar-refractivity contribution >= 4 is 40.7 Å². The van der Waals surface area contributed by atoms with Crippen LogP contribution in [-0.4, -0.2) is 53.8 Å². The van der Waals surface area contributed by atoms with E-state index in [1.807, 2.05) is 25.1 Å². The van der Waals surface area contributed by atoms with Crippen LogP contribution in [0.2, 0.25) is 10.0 Å². The number of nitrogens with zero attached hydrogens (tertiary/aromatic N) is 2. The number of amides is 1. The Hall–Kier alpha value is -2.34. The van der Waals surface area contributed by atoms with Crippen LogP contribution in [-0.2, 0) is 9.59 Å². The van der Waals surface area contributed by atoms with Crippen molar-refractivity contribution in [2.24, 2.45) is 0 Å². The molecule has 0 unspecified atom stereocenters. The van der Waals surface area contributed by atoms with E-state index in [0.717, 1.165) is 0 Å². The van der Waals surface area contributed by atoms with Gasteiger partial charge in [-0.05, 0) is 31.8 Å². The molecule has 1 aliphatic heterocycles. The van der Waals surface area contributed by atoms with Gasteiger partial charge in [-0.2, -0.15) is 0 Å². The maximum absolute atomic E-state index is 12.8. The van der Waals surface area contributed by atoms with Crippen LogP contribution >= 0.6 is 23.2 Å². The molecule has 7 heteroatoms. The minimum absolute atomic E-state index is 0.0494. The number of ketones is 1. The summed E-state index contributed by atoms with van der Waals surface area (Å²) in [6.07, 6.45) is 0. The third-order valence-electron chi connectivity index (χ3n) is 4.63. The largest absolute Gasteiger partial charge is 0.507 e. The second kappa shape index (κ2) is 8.35. The first kappa shape index (κ1) is 20.4. The molecule has 146 valence electrons. The summed E-state index contributed by atoms with van der Waals surface area (Å²) in [5, 5.41) is 11.6. The zero-order valence-electron chi connectivity index (χ0n) is 15.5. The number of aliphatic hydroxyl groups is 1. The molecule has 0 saturated carbocycles. The number of hydrogen-bond donors (Lipinski definition) is 1. The Morgan fingerprint density at radius 2 is 1.75 bits per heavy atom. The molecule has 2 aromatic rings. The number of hydrogen-bond acceptors (Lipinski definition) is 4. The molecular weight excluding hydrogens is 399 g/mol. The lowest BCUT2D eigenvalue weighted by Gasteiger charge is -2.26. The lowest BCUT2D eigenvalue weighted by molar-refractivity contribution is -0.140. The van der Waals surface area contributed by atoms with E-state index in [1.54, 1.807) is 42.5 Å². The van der Waals surface area contributed by atoms with Crippen LogP contribution in [0.15, 0.2) is 54.1 Å². The minimum atomic E-state index is -0.741. The Kier molecular flexibility index (Phi) is 6.08. The van der Waals surface area contributed by atoms with E-state index in [2.05, 4.69) is 0 Å². The van der Waals surface area contributed by atoms with Crippen molar-refractivity contribution in [2.75, 3.05) is 27.2 Å². The van der Waals surface area contributed by atoms with E-state index in [0.29, 0.717) is 34.3 Å². The third-order valence-corrected chi connectivity index (χ3v) is 5.37. The van der Waals surface area contributed by atoms with Crippen LogP contribution in [0, 0.1) is 0 Å². The molecule has 0 bridgehead atoms. The molecule has 0 aliphatic carbocycles. The van der Waals surface area contributed by atoms with Gasteiger partial charge in [0.2, 0.25) is 0 Å². The highest BCUT2D eigenvalue weighted by Gasteiger charge is 2.46. The quantitative estimate of drug-likeness (QED) is 0.453. The lowest BCUT2D eigenvalue weighted by atomic mass is 9.95. The number of halogens is 2. The Bertz CT molecular complexity index is 942. The van der Waals surface area contributed by atoms with Gasteiger partial charge in [0.05, 0.1) is 21.7 Å². The van der Waals surface area contributed by atoms with Gasteiger partial charge in [0, 0.05) is 18.7 Å². The summed E-state index contributed by atoms with van der Waals surface area (Å²) in [6, 6.07) is 12.9. The highest BCUT2D eigenvalue weighted by molar-refractivity contribution is 6.46. The van der Waals surface area contributed by atoms with Crippen LogP contribution in [0.3, 0.4) is 0 Å². The smallest absolute Gasteiger partial charge is 0.295 e. The number of likely N-dealkylation sites (tertiary alicyclic amines) is 1. The minimum Gasteiger partial charge on any atom is -0.507 e. The van der Waals surface area contributed by atoms with Crippen LogP contribution in [0.4, 0.5) is 0 Å². The molecule has 5 nitrogen and oxygen atoms in total. The molecule has 1 fully saturated rings. The maximum Gasteiger partial charge on any atom is 0.295 e. The van der Waals surface area contributed by atoms with Crippen LogP contribution in [0.1, 0.15) is 17.2 Å². The van der Waals surface area contributed by atoms with Gasteiger partial charge in [0.15, 0.2) is 0 Å². The fourth-order valence-corrected chi connectivity index (χ4v) is 3.51. The summed E-state index contributed by atoms with van der Waals surface area (Å²) in [6.45, 7) is 0.893. The predicted molar refractivity (Wildman–Crippen MR) is 110 cm³/mol. The molecule has 1 amide bonds. The molecule has 0 spiro atoms. The number of carbonyl (C=O) groups is 2. The average molecular weight is 419 g/mol. The third kappa shape index (κ3) is 3.92. The molecular formula is C21H20Cl2N2O3. The number of carbonyl (C=O) groups excluding carboxylic acids is 2. The molecule has 1 saturated heterocycles. The summed E-state index contributed by atoms with van der Waals surface area (Å²) < 4.78 is 0. The van der Waals surface area contributed by atoms with Crippen molar-refractivity contribution in [1.82, 2.24) is 9.80 Å². The molecule has 2 aromatic carbocycles. The maximum atomic E-state index is 12.8. The summed E-state index contributed by atoms with van der Waals surface area (Å²) >= 11 is 12.2. The summed E-state index contributed by atoms with van der Waals surface area (Å²) in [5.74, 6) is -1.56. The van der Waals surface area contributed by atoms with Crippen LogP contribution in [0.5, 0.6) is 0 Å². The second-order valence-corrected chi connectivity index (χ2v) is 7.65. The van der Waals surface area contributed by atoms with Gasteiger partial charge >= 0.3 is 0 Å². The zero-order valence-corrected chi connectivity index (χ0v) is 17.0. The van der Waals surface area contributed by atoms with Crippen molar-refractivity contribution in [2.45, 2.75) is 6.04 Å². The molecule has 1 heterocycles. The monoisotopic (exact) mass is 418 g/mol. The first-order valence-electron chi connectivity index (χ1n) is 8.74. The van der Waals surface area contributed by atoms with Gasteiger partial charge in [-0.3, -0.25) is 9.59 Å². The van der Waals surface area contributed by atoms with Gasteiger partial charge in [-0.1, -0.05) is 59.6 Å². The highest BCUT2D eigenvalue weighted by Crippen LogP contribution is 2.40. The normalized spacial score (nSPS) is 18.9. The van der Waals surface area contributed by atoms with Gasteiger partial charge < -0.3 is 14.9 Å². The Labute approximate surface area is 173 Å². The fraction of sp³-hybridized carbons (Fsp3) is 0.238. The van der Waals surface area contributed by atoms with Crippen molar-refractivity contribution in [3.8, 4) is 0 Å². The Balaban J connectivity index is 2.16. The highest BCUT2D eigenvalue weighted by atomic mass is 35.5. The molecule has 1 atom stereocenters. The predicted octanol–water partition coefficient (Wildman–Crippen LogP) is 3.98. The van der Waals surface area contributed by atoms with Crippen molar-refractivity contribution in [3.63, 3.8) is 0 Å². The van der Waals surface area contributed by atoms with Crippen LogP contribution < -0.4 is 0 Å². The average Bonchev–Trinajstić information content (AvgIpc) is 2.93. The molecule has 3 rings (SSSR count). The SMILES string of the molecule is CN(C)CCN1C(=O)C(=O)C(=C(O)c2ccccc2)[C@@H]1c1ccc(Cl)c(Cl)c1. The Morgan fingerprint density at radius 1 is 1.07 bits per heavy atom. The first-order valence-corrected chi connectivity index (χ1v) is 9.50. The summed E-state index contributed by atoms with van der Waals surface area (Å²) in [4.78, 5) is 29.0. The van der Waals surface area contributed by atoms with Gasteiger partial charge in [0.25, 0.3) is 11.7 Å². The van der Waals surface area contributed by atoms with Crippen LogP contribution in [0.25, 0.3) is 5.76 Å². The van der Waals surface area contributed by atoms with E-state index in [1.165, 1.54) is 4.90 Å². The summed E-state index contributed by atoms with van der Waals surface area (Å²) in [7, 11) is 3.77. The molecule has 1 N–H and O–H groups in total. The lowest BCUT2D eigenvalue weighted by Crippen LogP contribution is -2.35. The number of aliphatic hydroxyl groups excluding tert-OH is 1. The summed E-state index contributed by atoms with van der Waals surface area (Å²) in [5.41, 5.74) is 1.14. The molecule has 0 radical (unpaired) electrons. The second-order valence-electron chi connectivity index (χ2n) is 6.84. The van der Waals surface area contributed by atoms with E-state index in [4.69, 9.17) is 23.2 Å². The number of rotatable bonds is 5. The van der Waals surface area contributed by atoms with Gasteiger partial charge in [0.1, 0.15) is 5.76 Å². The molecule has 28 heavy (non-hydrogen) atoms. The fourth-order valence-electron chi connectivity index (χ4n) is 3.20. The number of benzene rings is 2. The Morgan fingerprint density at radius 3 is 2.36 bits per heavy atom. The van der Waals surface area contributed by atoms with Gasteiger partial charge in [-0.15, -0.1) is 0 Å². The van der Waals surface area contributed by atoms with E-state index in [9.17, 15) is 14.7 Å². The molecule has 0 aromatic heterocycles. The first-order chi connectivity index (χ1) is 13.3. The van der Waals surface area contributed by atoms with Crippen molar-refractivity contribution in [1.29, 1.82) is 0 Å². The molecule has 1 aliphatic rings. The number of Topliss-reactive ketones (excluding diaryl/α,β-unsaturated/α-hetero) is 1. The standard InChI is InChI=1S/C21H20Cl2N2O3/c1-24(2)10-11-25-18(14-8-9-15(22)16(23)12-14)17(20(27)21(25)28)19(26)13-6-4-3-5-7-13/h3-9,12,18,26H,10-11H2,1-2H3/t18-/m0/s1. The topological polar surface area (TPSA) is 60.9 Å². The van der Waals surface area contributed by atoms with E-state index < -0.39 is 17.7 Å². The van der Waals surface area contributed by atoms with Gasteiger partial charge in [-0.25, -0.2) is 0 Å². The van der Waals surface area contributed by atoms with E-state index >= 15 is 0 Å². The van der Waals surface area contributed by atoms with E-state index in [-0.39, 0.29) is 11.3 Å². The van der Waals surface area contributed by atoms with Crippen molar-refractivity contribution in [3.05, 3.63) is 75.3 Å². The number of likely N-dealkylation sites (N-methyl/N-ethyl adjacent to an activating group) is 1.